The Hall–Kier alpha value is -2.20. The SMILES string of the molecule is Cc1nc(CCNC(=O)CCc2c(C)nn(CCC#N)c2C)cs1. The molecule has 0 unspecified atom stereocenters. The highest BCUT2D eigenvalue weighted by molar-refractivity contribution is 7.09. The highest BCUT2D eigenvalue weighted by Gasteiger charge is 2.13. The third-order valence-electron chi connectivity index (χ3n) is 3.94. The van der Waals surface area contributed by atoms with E-state index >= 15 is 0 Å². The van der Waals surface area contributed by atoms with Crippen molar-refractivity contribution in [3.63, 3.8) is 0 Å². The van der Waals surface area contributed by atoms with E-state index in [1.54, 1.807) is 11.3 Å². The van der Waals surface area contributed by atoms with Crippen LogP contribution in [-0.4, -0.2) is 27.2 Å². The molecule has 0 spiro atoms. The normalized spacial score (nSPS) is 10.6. The topological polar surface area (TPSA) is 83.6 Å². The Kier molecular flexibility index (Phi) is 6.50. The zero-order valence-electron chi connectivity index (χ0n) is 14.4. The highest BCUT2D eigenvalue weighted by Crippen LogP contribution is 2.15. The van der Waals surface area contributed by atoms with Gasteiger partial charge in [0.2, 0.25) is 5.91 Å². The number of thiazole rings is 1. The van der Waals surface area contributed by atoms with Crippen LogP contribution < -0.4 is 5.32 Å². The van der Waals surface area contributed by atoms with E-state index < -0.39 is 0 Å². The Bertz CT molecular complexity index is 741. The van der Waals surface area contributed by atoms with E-state index in [4.69, 9.17) is 5.26 Å². The third kappa shape index (κ3) is 4.90. The van der Waals surface area contributed by atoms with Crippen molar-refractivity contribution in [2.24, 2.45) is 0 Å². The number of hydrogen-bond donors (Lipinski definition) is 1. The molecule has 7 heteroatoms. The fourth-order valence-electron chi connectivity index (χ4n) is 2.65. The number of nitriles is 1. The molecule has 0 aliphatic rings. The molecule has 0 saturated carbocycles. The fraction of sp³-hybridized carbons (Fsp3) is 0.529. The molecule has 128 valence electrons. The van der Waals surface area contributed by atoms with Crippen LogP contribution in [0.4, 0.5) is 0 Å². The zero-order chi connectivity index (χ0) is 17.5. The molecule has 0 bridgehead atoms. The molecule has 2 rings (SSSR count). The average Bonchev–Trinajstić information content (AvgIpc) is 3.07. The molecule has 0 aliphatic heterocycles. The molecular weight excluding hydrogens is 322 g/mol. The second-order valence-electron chi connectivity index (χ2n) is 5.74. The van der Waals surface area contributed by atoms with Crippen LogP contribution in [0.15, 0.2) is 5.38 Å². The number of hydrogen-bond acceptors (Lipinski definition) is 5. The lowest BCUT2D eigenvalue weighted by Crippen LogP contribution is -2.26. The number of amides is 1. The van der Waals surface area contributed by atoms with Crippen molar-refractivity contribution >= 4 is 17.2 Å². The van der Waals surface area contributed by atoms with Gasteiger partial charge >= 0.3 is 0 Å². The second-order valence-corrected chi connectivity index (χ2v) is 6.80. The summed E-state index contributed by atoms with van der Waals surface area (Å²) in [4.78, 5) is 16.4. The van der Waals surface area contributed by atoms with Crippen molar-refractivity contribution in [2.75, 3.05) is 6.54 Å². The number of nitrogens with zero attached hydrogens (tertiary/aromatic N) is 4. The van der Waals surface area contributed by atoms with E-state index in [0.29, 0.717) is 32.4 Å². The van der Waals surface area contributed by atoms with Crippen molar-refractivity contribution in [2.45, 2.75) is 53.0 Å². The van der Waals surface area contributed by atoms with Crippen LogP contribution >= 0.6 is 11.3 Å². The molecule has 0 saturated heterocycles. The molecular formula is C17H23N5OS. The molecule has 1 amide bonds. The quantitative estimate of drug-likeness (QED) is 0.796. The molecule has 24 heavy (non-hydrogen) atoms. The lowest BCUT2D eigenvalue weighted by atomic mass is 10.1. The molecule has 0 aliphatic carbocycles. The Balaban J connectivity index is 1.79. The first-order valence-corrected chi connectivity index (χ1v) is 8.96. The number of nitrogens with one attached hydrogen (secondary N) is 1. The smallest absolute Gasteiger partial charge is 0.220 e. The van der Waals surface area contributed by atoms with E-state index in [-0.39, 0.29) is 5.91 Å². The minimum Gasteiger partial charge on any atom is -0.356 e. The van der Waals surface area contributed by atoms with E-state index in [1.165, 1.54) is 0 Å². The Labute approximate surface area is 146 Å². The van der Waals surface area contributed by atoms with Crippen molar-refractivity contribution < 1.29 is 4.79 Å². The molecule has 2 heterocycles. The maximum Gasteiger partial charge on any atom is 0.220 e. The van der Waals surface area contributed by atoms with Crippen LogP contribution in [0.3, 0.4) is 0 Å². The van der Waals surface area contributed by atoms with E-state index in [2.05, 4.69) is 21.5 Å². The molecule has 2 aromatic rings. The molecule has 0 fully saturated rings. The molecule has 0 atom stereocenters. The van der Waals surface area contributed by atoms with E-state index in [1.807, 2.05) is 30.8 Å². The van der Waals surface area contributed by atoms with Gasteiger partial charge in [-0.05, 0) is 32.8 Å². The van der Waals surface area contributed by atoms with Gasteiger partial charge in [0.1, 0.15) is 0 Å². The van der Waals surface area contributed by atoms with Gasteiger partial charge in [-0.2, -0.15) is 10.4 Å². The van der Waals surface area contributed by atoms with Gasteiger partial charge < -0.3 is 5.32 Å². The highest BCUT2D eigenvalue weighted by atomic mass is 32.1. The summed E-state index contributed by atoms with van der Waals surface area (Å²) >= 11 is 1.63. The summed E-state index contributed by atoms with van der Waals surface area (Å²) < 4.78 is 1.86. The number of carbonyl (C=O) groups is 1. The van der Waals surface area contributed by atoms with E-state index in [9.17, 15) is 4.79 Å². The van der Waals surface area contributed by atoms with Crippen LogP contribution in [0.5, 0.6) is 0 Å². The summed E-state index contributed by atoms with van der Waals surface area (Å²) in [6.07, 6.45) is 2.33. The van der Waals surface area contributed by atoms with Crippen molar-refractivity contribution in [1.82, 2.24) is 20.1 Å². The van der Waals surface area contributed by atoms with Crippen molar-refractivity contribution in [3.8, 4) is 6.07 Å². The monoisotopic (exact) mass is 345 g/mol. The standard InChI is InChI=1S/C17H23N5OS/c1-12-16(13(2)22(21-12)10-4-8-18)5-6-17(23)19-9-7-15-11-24-14(3)20-15/h11H,4-7,9-10H2,1-3H3,(H,19,23). The number of rotatable bonds is 8. The summed E-state index contributed by atoms with van der Waals surface area (Å²) in [5, 5.41) is 19.2. The summed E-state index contributed by atoms with van der Waals surface area (Å²) in [6, 6.07) is 2.13. The van der Waals surface area contributed by atoms with E-state index in [0.717, 1.165) is 34.1 Å². The van der Waals surface area contributed by atoms with Gasteiger partial charge in [-0.25, -0.2) is 4.98 Å². The van der Waals surface area contributed by atoms with Gasteiger partial charge in [-0.3, -0.25) is 9.48 Å². The Morgan fingerprint density at radius 3 is 2.83 bits per heavy atom. The third-order valence-corrected chi connectivity index (χ3v) is 4.76. The number of carbonyl (C=O) groups excluding carboxylic acids is 1. The van der Waals surface area contributed by atoms with Crippen LogP contribution in [0.25, 0.3) is 0 Å². The minimum atomic E-state index is 0.0468. The molecule has 0 aromatic carbocycles. The minimum absolute atomic E-state index is 0.0468. The summed E-state index contributed by atoms with van der Waals surface area (Å²) in [5.41, 5.74) is 4.13. The van der Waals surface area contributed by atoms with Crippen LogP contribution in [0.2, 0.25) is 0 Å². The van der Waals surface area contributed by atoms with Gasteiger partial charge in [0.05, 0.1) is 35.4 Å². The predicted octanol–water partition coefficient (Wildman–Crippen LogP) is 2.47. The first-order valence-electron chi connectivity index (χ1n) is 8.08. The molecule has 6 nitrogen and oxygen atoms in total. The van der Waals surface area contributed by atoms with Gasteiger partial charge in [0, 0.05) is 30.5 Å². The molecule has 0 radical (unpaired) electrons. The number of aryl methyl sites for hydroxylation is 3. The summed E-state index contributed by atoms with van der Waals surface area (Å²) in [7, 11) is 0. The Morgan fingerprint density at radius 1 is 1.38 bits per heavy atom. The van der Waals surface area contributed by atoms with Gasteiger partial charge in [0.25, 0.3) is 0 Å². The van der Waals surface area contributed by atoms with Crippen molar-refractivity contribution in [1.29, 1.82) is 5.26 Å². The fourth-order valence-corrected chi connectivity index (χ4v) is 3.30. The maximum atomic E-state index is 12.0. The Morgan fingerprint density at radius 2 is 2.17 bits per heavy atom. The van der Waals surface area contributed by atoms with Gasteiger partial charge in [-0.1, -0.05) is 0 Å². The summed E-state index contributed by atoms with van der Waals surface area (Å²) in [6.45, 7) is 7.14. The van der Waals surface area contributed by atoms with Crippen LogP contribution in [0, 0.1) is 32.1 Å². The van der Waals surface area contributed by atoms with Gasteiger partial charge in [0.15, 0.2) is 0 Å². The van der Waals surface area contributed by atoms with Crippen molar-refractivity contribution in [3.05, 3.63) is 33.0 Å². The lowest BCUT2D eigenvalue weighted by molar-refractivity contribution is -0.121. The molecule has 2 aromatic heterocycles. The van der Waals surface area contributed by atoms with Gasteiger partial charge in [-0.15, -0.1) is 11.3 Å². The average molecular weight is 345 g/mol. The first kappa shape index (κ1) is 18.1. The van der Waals surface area contributed by atoms with Crippen LogP contribution in [-0.2, 0) is 24.2 Å². The van der Waals surface area contributed by atoms with Crippen LogP contribution in [0.1, 0.15) is 40.5 Å². The second kappa shape index (κ2) is 8.60. The summed E-state index contributed by atoms with van der Waals surface area (Å²) in [5.74, 6) is 0.0468. The lowest BCUT2D eigenvalue weighted by Gasteiger charge is -2.05. The predicted molar refractivity (Wildman–Crippen MR) is 93.8 cm³/mol. The zero-order valence-corrected chi connectivity index (χ0v) is 15.2. The number of aromatic nitrogens is 3. The largest absolute Gasteiger partial charge is 0.356 e. The first-order chi connectivity index (χ1) is 11.5. The maximum absolute atomic E-state index is 12.0. The molecule has 1 N–H and O–H groups in total.